The van der Waals surface area contributed by atoms with Gasteiger partial charge in [-0.05, 0) is 18.6 Å². The summed E-state index contributed by atoms with van der Waals surface area (Å²) in [7, 11) is 0. The summed E-state index contributed by atoms with van der Waals surface area (Å²) >= 11 is 0. The first-order chi connectivity index (χ1) is 7.65. The molecule has 0 fully saturated rings. The second-order valence-electron chi connectivity index (χ2n) is 3.52. The minimum Gasteiger partial charge on any atom is -0.467 e. The van der Waals surface area contributed by atoms with Crippen molar-refractivity contribution in [3.8, 4) is 11.1 Å². The Bertz CT molecular complexity index is 520. The Labute approximate surface area is 91.7 Å². The molecule has 0 aliphatic carbocycles. The van der Waals surface area contributed by atoms with Crippen LogP contribution in [0.25, 0.3) is 11.1 Å². The van der Waals surface area contributed by atoms with Crippen LogP contribution in [-0.4, -0.2) is 0 Å². The highest BCUT2D eigenvalue weighted by Crippen LogP contribution is 2.29. The van der Waals surface area contributed by atoms with Crippen LogP contribution >= 0.6 is 0 Å². The molecule has 2 rings (SSSR count). The zero-order valence-corrected chi connectivity index (χ0v) is 8.76. The Morgan fingerprint density at radius 2 is 1.88 bits per heavy atom. The van der Waals surface area contributed by atoms with Gasteiger partial charge >= 0.3 is 0 Å². The van der Waals surface area contributed by atoms with E-state index < -0.39 is 11.6 Å². The van der Waals surface area contributed by atoms with Crippen molar-refractivity contribution in [2.45, 2.75) is 13.5 Å². The largest absolute Gasteiger partial charge is 0.467 e. The molecule has 16 heavy (non-hydrogen) atoms. The summed E-state index contributed by atoms with van der Waals surface area (Å²) in [6.07, 6.45) is 1.41. The predicted molar refractivity (Wildman–Crippen MR) is 56.7 cm³/mol. The van der Waals surface area contributed by atoms with Gasteiger partial charge < -0.3 is 10.2 Å². The van der Waals surface area contributed by atoms with Crippen LogP contribution in [0.2, 0.25) is 0 Å². The molecule has 0 aliphatic rings. The highest BCUT2D eigenvalue weighted by atomic mass is 19.2. The molecule has 2 N–H and O–H groups in total. The van der Waals surface area contributed by atoms with Crippen molar-refractivity contribution in [1.29, 1.82) is 0 Å². The fourth-order valence-electron chi connectivity index (χ4n) is 1.59. The lowest BCUT2D eigenvalue weighted by Gasteiger charge is -2.05. The first-order valence-corrected chi connectivity index (χ1v) is 4.86. The lowest BCUT2D eigenvalue weighted by molar-refractivity contribution is 0.501. The first-order valence-electron chi connectivity index (χ1n) is 4.86. The molecule has 0 bridgehead atoms. The molecule has 0 spiro atoms. The lowest BCUT2D eigenvalue weighted by Crippen LogP contribution is -1.98. The van der Waals surface area contributed by atoms with E-state index in [1.54, 1.807) is 6.07 Å². The van der Waals surface area contributed by atoms with E-state index in [0.717, 1.165) is 0 Å². The van der Waals surface area contributed by atoms with Gasteiger partial charge in [-0.15, -0.1) is 0 Å². The van der Waals surface area contributed by atoms with Gasteiger partial charge in [-0.1, -0.05) is 12.1 Å². The van der Waals surface area contributed by atoms with Crippen molar-refractivity contribution in [3.05, 3.63) is 47.4 Å². The minimum atomic E-state index is -0.865. The average molecular weight is 223 g/mol. The maximum Gasteiger partial charge on any atom is 0.167 e. The summed E-state index contributed by atoms with van der Waals surface area (Å²) in [5.41, 5.74) is 6.39. The molecule has 1 aromatic carbocycles. The molecule has 4 heteroatoms. The maximum atomic E-state index is 13.7. The first kappa shape index (κ1) is 10.8. The third-order valence-corrected chi connectivity index (χ3v) is 2.50. The number of nitrogens with two attached hydrogens (primary N) is 1. The van der Waals surface area contributed by atoms with Crippen molar-refractivity contribution >= 4 is 0 Å². The van der Waals surface area contributed by atoms with Gasteiger partial charge in [0.25, 0.3) is 0 Å². The Kier molecular flexibility index (Phi) is 2.75. The van der Waals surface area contributed by atoms with E-state index in [1.807, 2.05) is 0 Å². The third kappa shape index (κ3) is 1.61. The SMILES string of the molecule is Cc1ccc(-c2ccoc2CN)c(F)c1F. The summed E-state index contributed by atoms with van der Waals surface area (Å²) < 4.78 is 32.1. The van der Waals surface area contributed by atoms with Crippen molar-refractivity contribution in [2.24, 2.45) is 5.73 Å². The van der Waals surface area contributed by atoms with E-state index in [-0.39, 0.29) is 17.7 Å². The van der Waals surface area contributed by atoms with Crippen LogP contribution in [0.1, 0.15) is 11.3 Å². The monoisotopic (exact) mass is 223 g/mol. The Morgan fingerprint density at radius 3 is 2.56 bits per heavy atom. The maximum absolute atomic E-state index is 13.7. The van der Waals surface area contributed by atoms with Crippen LogP contribution in [-0.2, 0) is 6.54 Å². The molecular formula is C12H11F2NO. The van der Waals surface area contributed by atoms with Gasteiger partial charge in [-0.3, -0.25) is 0 Å². The molecule has 2 nitrogen and oxygen atoms in total. The predicted octanol–water partition coefficient (Wildman–Crippen LogP) is 2.99. The normalized spacial score (nSPS) is 10.8. The molecule has 0 aliphatic heterocycles. The Morgan fingerprint density at radius 1 is 1.12 bits per heavy atom. The number of rotatable bonds is 2. The van der Waals surface area contributed by atoms with Gasteiger partial charge in [-0.2, -0.15) is 0 Å². The van der Waals surface area contributed by atoms with Crippen LogP contribution < -0.4 is 5.73 Å². The van der Waals surface area contributed by atoms with Gasteiger partial charge in [0, 0.05) is 11.1 Å². The number of benzene rings is 1. The molecule has 0 atom stereocenters. The molecule has 0 unspecified atom stereocenters. The van der Waals surface area contributed by atoms with Gasteiger partial charge in [-0.25, -0.2) is 8.78 Å². The van der Waals surface area contributed by atoms with E-state index in [0.29, 0.717) is 11.3 Å². The molecule has 0 amide bonds. The zero-order chi connectivity index (χ0) is 11.7. The van der Waals surface area contributed by atoms with Gasteiger partial charge in [0.15, 0.2) is 11.6 Å². The summed E-state index contributed by atoms with van der Waals surface area (Å²) in [6, 6.07) is 4.63. The van der Waals surface area contributed by atoms with Crippen LogP contribution in [0.5, 0.6) is 0 Å². The van der Waals surface area contributed by atoms with Crippen molar-refractivity contribution in [3.63, 3.8) is 0 Å². The summed E-state index contributed by atoms with van der Waals surface area (Å²) in [5.74, 6) is -1.25. The topological polar surface area (TPSA) is 39.2 Å². The van der Waals surface area contributed by atoms with Crippen LogP contribution in [0, 0.1) is 18.6 Å². The standard InChI is InChI=1S/C12H11F2NO/c1-7-2-3-9(12(14)11(7)13)8-4-5-16-10(8)6-15/h2-5H,6,15H2,1H3. The number of furan rings is 1. The van der Waals surface area contributed by atoms with Gasteiger partial charge in [0.1, 0.15) is 5.76 Å². The van der Waals surface area contributed by atoms with Crippen molar-refractivity contribution in [1.82, 2.24) is 0 Å². The molecule has 0 saturated carbocycles. The second kappa shape index (κ2) is 4.06. The molecular weight excluding hydrogens is 212 g/mol. The quantitative estimate of drug-likeness (QED) is 0.850. The average Bonchev–Trinajstić information content (AvgIpc) is 2.74. The van der Waals surface area contributed by atoms with Crippen molar-refractivity contribution in [2.75, 3.05) is 0 Å². The summed E-state index contributed by atoms with van der Waals surface area (Å²) in [5, 5.41) is 0. The molecule has 2 aromatic rings. The molecule has 1 aromatic heterocycles. The minimum absolute atomic E-state index is 0.150. The van der Waals surface area contributed by atoms with Gasteiger partial charge in [0.05, 0.1) is 12.8 Å². The molecule has 0 saturated heterocycles. The van der Waals surface area contributed by atoms with E-state index in [2.05, 4.69) is 0 Å². The smallest absolute Gasteiger partial charge is 0.167 e. The van der Waals surface area contributed by atoms with E-state index in [1.165, 1.54) is 25.3 Å². The number of hydrogen-bond donors (Lipinski definition) is 1. The fraction of sp³-hybridized carbons (Fsp3) is 0.167. The highest BCUT2D eigenvalue weighted by molar-refractivity contribution is 5.66. The number of halogens is 2. The lowest BCUT2D eigenvalue weighted by atomic mass is 10.0. The molecule has 84 valence electrons. The van der Waals surface area contributed by atoms with E-state index in [4.69, 9.17) is 10.2 Å². The summed E-state index contributed by atoms with van der Waals surface area (Å²) in [4.78, 5) is 0. The van der Waals surface area contributed by atoms with E-state index in [9.17, 15) is 8.78 Å². The van der Waals surface area contributed by atoms with Crippen molar-refractivity contribution < 1.29 is 13.2 Å². The molecule has 0 radical (unpaired) electrons. The van der Waals surface area contributed by atoms with E-state index >= 15 is 0 Å². The highest BCUT2D eigenvalue weighted by Gasteiger charge is 2.16. The summed E-state index contributed by atoms with van der Waals surface area (Å²) in [6.45, 7) is 1.67. The van der Waals surface area contributed by atoms with Crippen LogP contribution in [0.3, 0.4) is 0 Å². The van der Waals surface area contributed by atoms with Gasteiger partial charge in [0.2, 0.25) is 0 Å². The molecule has 1 heterocycles. The Hall–Kier alpha value is -1.68. The third-order valence-electron chi connectivity index (χ3n) is 2.50. The second-order valence-corrected chi connectivity index (χ2v) is 3.52. The number of hydrogen-bond acceptors (Lipinski definition) is 2. The number of aryl methyl sites for hydroxylation is 1. The van der Waals surface area contributed by atoms with Crippen LogP contribution in [0.4, 0.5) is 8.78 Å². The zero-order valence-electron chi connectivity index (χ0n) is 8.76. The van der Waals surface area contributed by atoms with Crippen LogP contribution in [0.15, 0.2) is 28.9 Å². The fourth-order valence-corrected chi connectivity index (χ4v) is 1.59. The Balaban J connectivity index is 2.61.